The molecule has 0 radical (unpaired) electrons. The standard InChI is InChI=1S/C17H10N2S/c1-2-5-13-10-14(8-7-12(13)4-1)17-19-15-6-3-9-18-11-16(15)20-17/h1-8,10-11H. The van der Waals surface area contributed by atoms with Gasteiger partial charge < -0.3 is 0 Å². The van der Waals surface area contributed by atoms with E-state index < -0.39 is 0 Å². The number of aromatic nitrogens is 1. The smallest absolute Gasteiger partial charge is 0.124 e. The van der Waals surface area contributed by atoms with Crippen LogP contribution in [0, 0.1) is 0 Å². The van der Waals surface area contributed by atoms with Crippen molar-refractivity contribution in [3.8, 4) is 10.6 Å². The molecule has 2 heterocycles. The van der Waals surface area contributed by atoms with Crippen LogP contribution in [0.15, 0.2) is 53.5 Å². The summed E-state index contributed by atoms with van der Waals surface area (Å²) in [5, 5.41) is 4.48. The summed E-state index contributed by atoms with van der Waals surface area (Å²) >= 11 is 1.66. The van der Waals surface area contributed by atoms with E-state index in [1.807, 2.05) is 12.3 Å². The van der Waals surface area contributed by atoms with Crippen molar-refractivity contribution in [2.45, 2.75) is 0 Å². The van der Waals surface area contributed by atoms with E-state index >= 15 is 0 Å². The zero-order chi connectivity index (χ0) is 13.4. The van der Waals surface area contributed by atoms with Crippen LogP contribution in [-0.2, 0) is 0 Å². The van der Waals surface area contributed by atoms with Crippen LogP contribution in [0.5, 0.6) is 0 Å². The molecule has 4 rings (SSSR count). The highest BCUT2D eigenvalue weighted by atomic mass is 32.1. The molecule has 2 nitrogen and oxygen atoms in total. The van der Waals surface area contributed by atoms with Crippen LogP contribution in [0.1, 0.15) is 0 Å². The second-order valence-corrected chi connectivity index (χ2v) is 5.58. The topological polar surface area (TPSA) is 25.2 Å². The largest absolute Gasteiger partial charge is 0.236 e. The summed E-state index contributed by atoms with van der Waals surface area (Å²) in [7, 11) is 0. The van der Waals surface area contributed by atoms with Crippen LogP contribution in [0.25, 0.3) is 33.6 Å². The first kappa shape index (κ1) is 11.4. The number of fused-ring (bicyclic) bond motifs is 2. The summed E-state index contributed by atoms with van der Waals surface area (Å²) in [4.78, 5) is 8.77. The summed E-state index contributed by atoms with van der Waals surface area (Å²) in [5.41, 5.74) is 1.15. The molecule has 0 spiro atoms. The van der Waals surface area contributed by atoms with Gasteiger partial charge in [0.1, 0.15) is 5.01 Å². The molecule has 0 fully saturated rings. The Morgan fingerprint density at radius 3 is 2.85 bits per heavy atom. The van der Waals surface area contributed by atoms with Crippen molar-refractivity contribution in [1.29, 1.82) is 0 Å². The summed E-state index contributed by atoms with van der Waals surface area (Å²) in [6.45, 7) is 0. The van der Waals surface area contributed by atoms with E-state index in [9.17, 15) is 0 Å². The molecule has 0 N–H and O–H groups in total. The average Bonchev–Trinajstić information content (AvgIpc) is 2.78. The van der Waals surface area contributed by atoms with E-state index in [0.29, 0.717) is 0 Å². The molecule has 3 aromatic rings. The Labute approximate surface area is 119 Å². The van der Waals surface area contributed by atoms with Crippen molar-refractivity contribution < 1.29 is 0 Å². The summed E-state index contributed by atoms with van der Waals surface area (Å²) in [6.07, 6.45) is 5.56. The maximum absolute atomic E-state index is 4.69. The van der Waals surface area contributed by atoms with E-state index in [2.05, 4.69) is 58.3 Å². The van der Waals surface area contributed by atoms with E-state index in [0.717, 1.165) is 20.5 Å². The fourth-order valence-corrected chi connectivity index (χ4v) is 3.18. The Kier molecular flexibility index (Phi) is 2.59. The number of rotatable bonds is 1. The normalized spacial score (nSPS) is 12.6. The Balaban J connectivity index is 1.92. The van der Waals surface area contributed by atoms with Gasteiger partial charge in [-0.05, 0) is 28.8 Å². The number of aliphatic imine (C=N–C) groups is 1. The Bertz CT molecular complexity index is 952. The fourth-order valence-electron chi connectivity index (χ4n) is 2.26. The SMILES string of the molecule is C1=CC=c2nc(-c3ccc4ccccc4c3)sc2=CN=1. The van der Waals surface area contributed by atoms with Gasteiger partial charge in [0.15, 0.2) is 0 Å². The van der Waals surface area contributed by atoms with Crippen molar-refractivity contribution in [3.63, 3.8) is 0 Å². The molecule has 0 bridgehead atoms. The number of thiazole rings is 1. The van der Waals surface area contributed by atoms with Crippen molar-refractivity contribution >= 4 is 40.3 Å². The zero-order valence-electron chi connectivity index (χ0n) is 10.6. The van der Waals surface area contributed by atoms with E-state index in [4.69, 9.17) is 0 Å². The first-order valence-corrected chi connectivity index (χ1v) is 7.17. The molecule has 0 saturated carbocycles. The fraction of sp³-hybridized carbons (Fsp3) is 0. The molecule has 94 valence electrons. The summed E-state index contributed by atoms with van der Waals surface area (Å²) < 4.78 is 1.08. The highest BCUT2D eigenvalue weighted by molar-refractivity contribution is 7.13. The van der Waals surface area contributed by atoms with Crippen molar-refractivity contribution in [3.05, 3.63) is 58.4 Å². The molecule has 20 heavy (non-hydrogen) atoms. The number of allylic oxidation sites excluding steroid dienone is 1. The van der Waals surface area contributed by atoms with Crippen molar-refractivity contribution in [1.82, 2.24) is 4.98 Å². The van der Waals surface area contributed by atoms with Crippen LogP contribution in [-0.4, -0.2) is 10.9 Å². The van der Waals surface area contributed by atoms with E-state index in [-0.39, 0.29) is 0 Å². The van der Waals surface area contributed by atoms with Crippen LogP contribution < -0.4 is 9.88 Å². The lowest BCUT2D eigenvalue weighted by Crippen LogP contribution is -2.19. The maximum Gasteiger partial charge on any atom is 0.124 e. The lowest BCUT2D eigenvalue weighted by Gasteiger charge is -2.00. The average molecular weight is 274 g/mol. The monoisotopic (exact) mass is 274 g/mol. The minimum Gasteiger partial charge on any atom is -0.236 e. The first-order chi connectivity index (χ1) is 9.90. The number of hydrogen-bond donors (Lipinski definition) is 0. The number of nitrogens with zero attached hydrogens (tertiary/aromatic N) is 2. The van der Waals surface area contributed by atoms with Gasteiger partial charge in [0.25, 0.3) is 0 Å². The molecule has 1 aliphatic rings. The molecule has 0 unspecified atom stereocenters. The van der Waals surface area contributed by atoms with E-state index in [1.165, 1.54) is 10.8 Å². The number of hydrogen-bond acceptors (Lipinski definition) is 3. The second kappa shape index (κ2) is 4.57. The second-order valence-electron chi connectivity index (χ2n) is 4.55. The predicted molar refractivity (Wildman–Crippen MR) is 85.2 cm³/mol. The molecule has 0 atom stereocenters. The van der Waals surface area contributed by atoms with Gasteiger partial charge in [-0.1, -0.05) is 36.4 Å². The van der Waals surface area contributed by atoms with Gasteiger partial charge in [0, 0.05) is 11.6 Å². The summed E-state index contributed by atoms with van der Waals surface area (Å²) in [6, 6.07) is 14.8. The minimum atomic E-state index is 0.965. The molecule has 1 aromatic heterocycles. The molecule has 2 aromatic carbocycles. The van der Waals surface area contributed by atoms with Gasteiger partial charge in [-0.3, -0.25) is 0 Å². The number of benzene rings is 2. The first-order valence-electron chi connectivity index (χ1n) is 6.35. The van der Waals surface area contributed by atoms with E-state index in [1.54, 1.807) is 17.4 Å². The van der Waals surface area contributed by atoms with Gasteiger partial charge in [-0.2, -0.15) is 0 Å². The van der Waals surface area contributed by atoms with Crippen molar-refractivity contribution in [2.75, 3.05) is 0 Å². The van der Waals surface area contributed by atoms with Crippen LogP contribution in [0.3, 0.4) is 0 Å². The van der Waals surface area contributed by atoms with Gasteiger partial charge in [-0.15, -0.1) is 11.3 Å². The molecule has 3 heteroatoms. The third-order valence-corrected chi connectivity index (χ3v) is 4.30. The molecule has 0 aliphatic carbocycles. The highest BCUT2D eigenvalue weighted by Crippen LogP contribution is 2.23. The molecule has 1 aliphatic heterocycles. The molecule has 0 amide bonds. The quantitative estimate of drug-likeness (QED) is 0.670. The lowest BCUT2D eigenvalue weighted by molar-refractivity contribution is 1.32. The highest BCUT2D eigenvalue weighted by Gasteiger charge is 2.05. The molecular weight excluding hydrogens is 264 g/mol. The van der Waals surface area contributed by atoms with Crippen LogP contribution in [0.4, 0.5) is 0 Å². The maximum atomic E-state index is 4.69. The van der Waals surface area contributed by atoms with Gasteiger partial charge >= 0.3 is 0 Å². The Morgan fingerprint density at radius 1 is 1.00 bits per heavy atom. The predicted octanol–water partition coefficient (Wildman–Crippen LogP) is 2.72. The summed E-state index contributed by atoms with van der Waals surface area (Å²) in [5.74, 6) is 2.82. The van der Waals surface area contributed by atoms with Gasteiger partial charge in [0.05, 0.1) is 16.1 Å². The van der Waals surface area contributed by atoms with Crippen LogP contribution in [0.2, 0.25) is 0 Å². The Hall–Kier alpha value is -2.48. The third-order valence-electron chi connectivity index (χ3n) is 3.25. The van der Waals surface area contributed by atoms with Crippen LogP contribution >= 0.6 is 11.3 Å². The lowest BCUT2D eigenvalue weighted by atomic mass is 10.1. The third kappa shape index (κ3) is 1.90. The van der Waals surface area contributed by atoms with Gasteiger partial charge in [0.2, 0.25) is 0 Å². The van der Waals surface area contributed by atoms with Crippen molar-refractivity contribution in [2.24, 2.45) is 4.99 Å². The minimum absolute atomic E-state index is 0.965. The Morgan fingerprint density at radius 2 is 1.90 bits per heavy atom. The molecule has 0 saturated heterocycles. The molecular formula is C17H10N2S. The zero-order valence-corrected chi connectivity index (χ0v) is 11.4. The van der Waals surface area contributed by atoms with Gasteiger partial charge in [-0.25, -0.2) is 9.98 Å².